The van der Waals surface area contributed by atoms with Crippen molar-refractivity contribution in [3.8, 4) is 5.69 Å². The van der Waals surface area contributed by atoms with E-state index in [0.717, 1.165) is 36.3 Å². The first-order valence-electron chi connectivity index (χ1n) is 10.6. The van der Waals surface area contributed by atoms with Crippen LogP contribution in [0.1, 0.15) is 28.8 Å². The molecule has 1 atom stereocenters. The number of anilines is 1. The molecular formula is C24H27N5O2. The van der Waals surface area contributed by atoms with Gasteiger partial charge in [-0.25, -0.2) is 9.48 Å². The van der Waals surface area contributed by atoms with Crippen LogP contribution in [0.15, 0.2) is 67.0 Å². The number of rotatable bonds is 5. The molecule has 1 aromatic heterocycles. The van der Waals surface area contributed by atoms with Crippen LogP contribution in [0.25, 0.3) is 5.69 Å². The Balaban J connectivity index is 1.29. The van der Waals surface area contributed by atoms with Crippen LogP contribution >= 0.6 is 0 Å². The Morgan fingerprint density at radius 2 is 1.87 bits per heavy atom. The third kappa shape index (κ3) is 5.31. The van der Waals surface area contributed by atoms with E-state index in [1.54, 1.807) is 10.9 Å². The molecule has 1 unspecified atom stereocenters. The molecule has 7 nitrogen and oxygen atoms in total. The van der Waals surface area contributed by atoms with E-state index in [2.05, 4.69) is 15.7 Å². The van der Waals surface area contributed by atoms with Crippen LogP contribution in [0.4, 0.5) is 10.5 Å². The van der Waals surface area contributed by atoms with Crippen LogP contribution in [-0.4, -0.2) is 46.3 Å². The molecule has 1 aliphatic heterocycles. The van der Waals surface area contributed by atoms with Gasteiger partial charge in [-0.15, -0.1) is 0 Å². The minimum Gasteiger partial charge on any atom is -0.338 e. The molecule has 1 aliphatic rings. The van der Waals surface area contributed by atoms with Gasteiger partial charge in [0.05, 0.1) is 5.69 Å². The Morgan fingerprint density at radius 3 is 2.58 bits per heavy atom. The maximum atomic E-state index is 13.0. The number of carbonyl (C=O) groups is 2. The van der Waals surface area contributed by atoms with E-state index in [9.17, 15) is 9.59 Å². The van der Waals surface area contributed by atoms with Crippen LogP contribution < -0.4 is 10.6 Å². The highest BCUT2D eigenvalue weighted by molar-refractivity contribution is 5.94. The molecule has 1 fully saturated rings. The second kappa shape index (κ2) is 9.47. The number of urea groups is 1. The number of hydrogen-bond acceptors (Lipinski definition) is 3. The Labute approximate surface area is 182 Å². The molecule has 0 radical (unpaired) electrons. The molecule has 2 heterocycles. The zero-order valence-corrected chi connectivity index (χ0v) is 17.6. The number of carbonyl (C=O) groups excluding carboxylic acids is 2. The average Bonchev–Trinajstić information content (AvgIpc) is 3.34. The third-order valence-corrected chi connectivity index (χ3v) is 5.55. The first-order valence-corrected chi connectivity index (χ1v) is 10.6. The fraction of sp³-hybridized carbons (Fsp3) is 0.292. The van der Waals surface area contributed by atoms with E-state index >= 15 is 0 Å². The molecule has 7 heteroatoms. The minimum absolute atomic E-state index is 0.0285. The maximum absolute atomic E-state index is 13.0. The lowest BCUT2D eigenvalue weighted by Crippen LogP contribution is -2.44. The van der Waals surface area contributed by atoms with Gasteiger partial charge in [-0.05, 0) is 68.1 Å². The second-order valence-corrected chi connectivity index (χ2v) is 7.96. The molecule has 4 rings (SSSR count). The van der Waals surface area contributed by atoms with Gasteiger partial charge in [-0.2, -0.15) is 5.10 Å². The smallest absolute Gasteiger partial charge is 0.319 e. The summed E-state index contributed by atoms with van der Waals surface area (Å²) in [5.74, 6) is 0.269. The summed E-state index contributed by atoms with van der Waals surface area (Å²) in [6.45, 7) is 3.93. The summed E-state index contributed by atoms with van der Waals surface area (Å²) in [6.07, 6.45) is 5.52. The zero-order valence-electron chi connectivity index (χ0n) is 17.6. The standard InChI is InChI=1S/C24H27N5O2/c1-18-5-9-21(10-6-18)27-24(31)25-16-19-4-2-14-28(17-19)23(30)20-7-11-22(12-8-20)29-15-3-13-26-29/h3,5-13,15,19H,2,4,14,16-17H2,1H3,(H2,25,27,31). The summed E-state index contributed by atoms with van der Waals surface area (Å²) in [4.78, 5) is 27.0. The normalized spacial score (nSPS) is 16.0. The average molecular weight is 418 g/mol. The van der Waals surface area contributed by atoms with E-state index in [1.165, 1.54) is 0 Å². The maximum Gasteiger partial charge on any atom is 0.319 e. The molecule has 0 saturated carbocycles. The Hall–Kier alpha value is -3.61. The summed E-state index contributed by atoms with van der Waals surface area (Å²) in [7, 11) is 0. The highest BCUT2D eigenvalue weighted by Gasteiger charge is 2.24. The number of aromatic nitrogens is 2. The fourth-order valence-corrected chi connectivity index (χ4v) is 3.83. The van der Waals surface area contributed by atoms with Gasteiger partial charge in [0.15, 0.2) is 0 Å². The summed E-state index contributed by atoms with van der Waals surface area (Å²) in [5, 5.41) is 10.00. The molecule has 0 aliphatic carbocycles. The van der Waals surface area contributed by atoms with E-state index in [4.69, 9.17) is 0 Å². The van der Waals surface area contributed by atoms with E-state index in [-0.39, 0.29) is 17.9 Å². The largest absolute Gasteiger partial charge is 0.338 e. The van der Waals surface area contributed by atoms with Gasteiger partial charge in [-0.1, -0.05) is 17.7 Å². The number of hydrogen-bond donors (Lipinski definition) is 2. The number of benzene rings is 2. The zero-order chi connectivity index (χ0) is 21.6. The lowest BCUT2D eigenvalue weighted by molar-refractivity contribution is 0.0675. The molecule has 160 valence electrons. The van der Waals surface area contributed by atoms with Crippen LogP contribution in [0, 0.1) is 12.8 Å². The Morgan fingerprint density at radius 1 is 1.10 bits per heavy atom. The summed E-state index contributed by atoms with van der Waals surface area (Å²) in [6, 6.07) is 16.8. The summed E-state index contributed by atoms with van der Waals surface area (Å²) < 4.78 is 1.76. The van der Waals surface area contributed by atoms with E-state index < -0.39 is 0 Å². The third-order valence-electron chi connectivity index (χ3n) is 5.55. The summed E-state index contributed by atoms with van der Waals surface area (Å²) >= 11 is 0. The van der Waals surface area contributed by atoms with Gasteiger partial charge in [0.25, 0.3) is 5.91 Å². The van der Waals surface area contributed by atoms with Crippen molar-refractivity contribution in [2.75, 3.05) is 25.0 Å². The Kier molecular flexibility index (Phi) is 6.31. The number of nitrogens with zero attached hydrogens (tertiary/aromatic N) is 3. The minimum atomic E-state index is -0.221. The molecule has 1 saturated heterocycles. The van der Waals surface area contributed by atoms with Crippen LogP contribution in [0.2, 0.25) is 0 Å². The topological polar surface area (TPSA) is 79.3 Å². The Bertz CT molecular complexity index is 1010. The predicted molar refractivity (Wildman–Crippen MR) is 120 cm³/mol. The monoisotopic (exact) mass is 417 g/mol. The van der Waals surface area contributed by atoms with Gasteiger partial charge in [0.2, 0.25) is 0 Å². The highest BCUT2D eigenvalue weighted by atomic mass is 16.2. The predicted octanol–water partition coefficient (Wildman–Crippen LogP) is 3.85. The van der Waals surface area contributed by atoms with Crippen LogP contribution in [0.5, 0.6) is 0 Å². The van der Waals surface area contributed by atoms with Gasteiger partial charge in [-0.3, -0.25) is 4.79 Å². The van der Waals surface area contributed by atoms with Crippen molar-refractivity contribution in [2.45, 2.75) is 19.8 Å². The number of piperidine rings is 1. The first kappa shape index (κ1) is 20.7. The van der Waals surface area contributed by atoms with Crippen LogP contribution in [0.3, 0.4) is 0 Å². The SMILES string of the molecule is Cc1ccc(NC(=O)NCC2CCCN(C(=O)c3ccc(-n4cccn4)cc3)C2)cc1. The van der Waals surface area contributed by atoms with Crippen LogP contribution in [-0.2, 0) is 0 Å². The number of aryl methyl sites for hydroxylation is 1. The first-order chi connectivity index (χ1) is 15.1. The van der Waals surface area contributed by atoms with Crippen molar-refractivity contribution in [1.82, 2.24) is 20.0 Å². The molecule has 0 spiro atoms. The van der Waals surface area contributed by atoms with Gasteiger partial charge in [0.1, 0.15) is 0 Å². The summed E-state index contributed by atoms with van der Waals surface area (Å²) in [5.41, 5.74) is 3.50. The van der Waals surface area contributed by atoms with Gasteiger partial charge >= 0.3 is 6.03 Å². The fourth-order valence-electron chi connectivity index (χ4n) is 3.83. The van der Waals surface area contributed by atoms with Crippen molar-refractivity contribution in [1.29, 1.82) is 0 Å². The van der Waals surface area contributed by atoms with Crippen molar-refractivity contribution in [3.63, 3.8) is 0 Å². The number of amides is 3. The second-order valence-electron chi connectivity index (χ2n) is 7.96. The lowest BCUT2D eigenvalue weighted by Gasteiger charge is -2.33. The van der Waals surface area contributed by atoms with Crippen molar-refractivity contribution >= 4 is 17.6 Å². The molecule has 0 bridgehead atoms. The molecule has 31 heavy (non-hydrogen) atoms. The van der Waals surface area contributed by atoms with E-state index in [1.807, 2.05) is 72.6 Å². The lowest BCUT2D eigenvalue weighted by atomic mass is 9.97. The molecular weight excluding hydrogens is 390 g/mol. The van der Waals surface area contributed by atoms with Gasteiger partial charge < -0.3 is 15.5 Å². The molecule has 3 amide bonds. The van der Waals surface area contributed by atoms with Crippen molar-refractivity contribution < 1.29 is 9.59 Å². The number of likely N-dealkylation sites (tertiary alicyclic amines) is 1. The molecule has 2 aromatic carbocycles. The van der Waals surface area contributed by atoms with Crippen molar-refractivity contribution in [2.24, 2.45) is 5.92 Å². The highest BCUT2D eigenvalue weighted by Crippen LogP contribution is 2.19. The van der Waals surface area contributed by atoms with Gasteiger partial charge in [0, 0.05) is 43.3 Å². The van der Waals surface area contributed by atoms with Crippen molar-refractivity contribution in [3.05, 3.63) is 78.1 Å². The molecule has 3 aromatic rings. The quantitative estimate of drug-likeness (QED) is 0.662. The number of nitrogens with one attached hydrogen (secondary N) is 2. The molecule has 2 N–H and O–H groups in total. The van der Waals surface area contributed by atoms with E-state index in [0.29, 0.717) is 18.7 Å².